The third-order valence-electron chi connectivity index (χ3n) is 5.00. The van der Waals surface area contributed by atoms with Crippen LogP contribution in [0.15, 0.2) is 42.9 Å². The van der Waals surface area contributed by atoms with Crippen LogP contribution in [0.3, 0.4) is 0 Å². The highest BCUT2D eigenvalue weighted by atomic mass is 19.1. The van der Waals surface area contributed by atoms with Gasteiger partial charge in [-0.2, -0.15) is 10.2 Å². The van der Waals surface area contributed by atoms with Gasteiger partial charge in [0.1, 0.15) is 11.5 Å². The van der Waals surface area contributed by atoms with Crippen molar-refractivity contribution in [3.63, 3.8) is 0 Å². The molecule has 3 aromatic rings. The summed E-state index contributed by atoms with van der Waals surface area (Å²) in [6.45, 7) is 1.36. The molecule has 1 aromatic carbocycles. The summed E-state index contributed by atoms with van der Waals surface area (Å²) in [5.74, 6) is -0.409. The van der Waals surface area contributed by atoms with Crippen molar-refractivity contribution in [1.29, 1.82) is 0 Å². The molecule has 1 N–H and O–H groups in total. The lowest BCUT2D eigenvalue weighted by atomic mass is 10.0. The number of anilines is 1. The SMILES string of the molecule is Cn1cc(-c2nn(C)cc2C(=O)NC2CCCN(c3ccccc3F)C2)cn1. The molecule has 0 bridgehead atoms. The maximum Gasteiger partial charge on any atom is 0.255 e. The molecule has 0 radical (unpaired) electrons. The number of amides is 1. The molecule has 0 spiro atoms. The predicted molar refractivity (Wildman–Crippen MR) is 105 cm³/mol. The number of nitrogens with one attached hydrogen (secondary N) is 1. The van der Waals surface area contributed by atoms with Crippen LogP contribution < -0.4 is 10.2 Å². The van der Waals surface area contributed by atoms with Crippen molar-refractivity contribution >= 4 is 11.6 Å². The topological polar surface area (TPSA) is 68.0 Å². The van der Waals surface area contributed by atoms with Gasteiger partial charge in [0.15, 0.2) is 0 Å². The van der Waals surface area contributed by atoms with Crippen LogP contribution in [0, 0.1) is 5.82 Å². The van der Waals surface area contributed by atoms with E-state index in [1.54, 1.807) is 40.9 Å². The van der Waals surface area contributed by atoms with Gasteiger partial charge in [-0.1, -0.05) is 12.1 Å². The van der Waals surface area contributed by atoms with Gasteiger partial charge < -0.3 is 10.2 Å². The minimum absolute atomic E-state index is 0.0530. The maximum atomic E-state index is 14.1. The molecule has 1 atom stereocenters. The Morgan fingerprint density at radius 1 is 1.21 bits per heavy atom. The second kappa shape index (κ2) is 7.46. The van der Waals surface area contributed by atoms with Crippen molar-refractivity contribution in [2.24, 2.45) is 14.1 Å². The van der Waals surface area contributed by atoms with Crippen molar-refractivity contribution in [2.45, 2.75) is 18.9 Å². The van der Waals surface area contributed by atoms with Gasteiger partial charge >= 0.3 is 0 Å². The van der Waals surface area contributed by atoms with Gasteiger partial charge in [-0.15, -0.1) is 0 Å². The third-order valence-corrected chi connectivity index (χ3v) is 5.00. The first-order valence-electron chi connectivity index (χ1n) is 9.34. The lowest BCUT2D eigenvalue weighted by Crippen LogP contribution is -2.48. The zero-order chi connectivity index (χ0) is 19.7. The first-order chi connectivity index (χ1) is 13.5. The molecule has 28 heavy (non-hydrogen) atoms. The Balaban J connectivity index is 1.50. The van der Waals surface area contributed by atoms with Crippen molar-refractivity contribution in [3.05, 3.63) is 54.2 Å². The Bertz CT molecular complexity index is 994. The summed E-state index contributed by atoms with van der Waals surface area (Å²) in [6, 6.07) is 6.71. The number of aromatic nitrogens is 4. The molecule has 0 aliphatic carbocycles. The van der Waals surface area contributed by atoms with E-state index in [1.807, 2.05) is 24.2 Å². The van der Waals surface area contributed by atoms with E-state index in [0.29, 0.717) is 23.5 Å². The summed E-state index contributed by atoms with van der Waals surface area (Å²) < 4.78 is 17.4. The number of nitrogens with zero attached hydrogens (tertiary/aromatic N) is 5. The van der Waals surface area contributed by atoms with E-state index in [9.17, 15) is 9.18 Å². The van der Waals surface area contributed by atoms with Crippen molar-refractivity contribution < 1.29 is 9.18 Å². The molecule has 1 amide bonds. The molecule has 1 aliphatic rings. The molecular weight excluding hydrogens is 359 g/mol. The minimum atomic E-state index is -0.236. The van der Waals surface area contributed by atoms with Crippen LogP contribution in [0.5, 0.6) is 0 Å². The highest BCUT2D eigenvalue weighted by Gasteiger charge is 2.25. The number of hydrogen-bond acceptors (Lipinski definition) is 4. The monoisotopic (exact) mass is 382 g/mol. The minimum Gasteiger partial charge on any atom is -0.367 e. The van der Waals surface area contributed by atoms with Crippen molar-refractivity contribution in [1.82, 2.24) is 24.9 Å². The molecule has 1 unspecified atom stereocenters. The van der Waals surface area contributed by atoms with Gasteiger partial charge in [-0.05, 0) is 25.0 Å². The third kappa shape index (κ3) is 3.62. The Labute approximate surface area is 162 Å². The Kier molecular flexibility index (Phi) is 4.85. The van der Waals surface area contributed by atoms with E-state index >= 15 is 0 Å². The number of piperidine rings is 1. The summed E-state index contributed by atoms with van der Waals surface area (Å²) in [5, 5.41) is 11.7. The van der Waals surface area contributed by atoms with Gasteiger partial charge in [0.25, 0.3) is 5.91 Å². The predicted octanol–water partition coefficient (Wildman–Crippen LogP) is 2.36. The quantitative estimate of drug-likeness (QED) is 0.752. The first kappa shape index (κ1) is 18.2. The molecule has 1 aliphatic heterocycles. The highest BCUT2D eigenvalue weighted by Crippen LogP contribution is 2.24. The Morgan fingerprint density at radius 2 is 2.04 bits per heavy atom. The van der Waals surface area contributed by atoms with Gasteiger partial charge in [-0.25, -0.2) is 4.39 Å². The summed E-state index contributed by atoms with van der Waals surface area (Å²) in [4.78, 5) is 14.9. The molecular formula is C20H23FN6O. The van der Waals surface area contributed by atoms with Crippen molar-refractivity contribution in [2.75, 3.05) is 18.0 Å². The number of carbonyl (C=O) groups is 1. The van der Waals surface area contributed by atoms with Crippen molar-refractivity contribution in [3.8, 4) is 11.3 Å². The molecule has 8 heteroatoms. The number of rotatable bonds is 4. The Hall–Kier alpha value is -3.16. The summed E-state index contributed by atoms with van der Waals surface area (Å²) in [7, 11) is 3.61. The fourth-order valence-corrected chi connectivity index (χ4v) is 3.70. The number of hydrogen-bond donors (Lipinski definition) is 1. The molecule has 1 saturated heterocycles. The van der Waals surface area contributed by atoms with E-state index in [2.05, 4.69) is 15.5 Å². The Morgan fingerprint density at radius 3 is 2.79 bits per heavy atom. The summed E-state index contributed by atoms with van der Waals surface area (Å²) in [5.41, 5.74) is 2.50. The summed E-state index contributed by atoms with van der Waals surface area (Å²) in [6.07, 6.45) is 7.00. The smallest absolute Gasteiger partial charge is 0.255 e. The van der Waals surface area contributed by atoms with Gasteiger partial charge in [-0.3, -0.25) is 14.2 Å². The van der Waals surface area contributed by atoms with E-state index in [1.165, 1.54) is 6.07 Å². The van der Waals surface area contributed by atoms with Crippen LogP contribution in [-0.2, 0) is 14.1 Å². The normalized spacial score (nSPS) is 17.0. The van der Waals surface area contributed by atoms with Crippen LogP contribution in [0.1, 0.15) is 23.2 Å². The van der Waals surface area contributed by atoms with E-state index in [4.69, 9.17) is 0 Å². The van der Waals surface area contributed by atoms with Gasteiger partial charge in [0.2, 0.25) is 0 Å². The largest absolute Gasteiger partial charge is 0.367 e. The number of carbonyl (C=O) groups excluding carboxylic acids is 1. The molecule has 4 rings (SSSR count). The highest BCUT2D eigenvalue weighted by molar-refractivity contribution is 5.99. The van der Waals surface area contributed by atoms with E-state index < -0.39 is 0 Å². The van der Waals surface area contributed by atoms with Gasteiger partial charge in [0.05, 0.1) is 17.4 Å². The van der Waals surface area contributed by atoms with Crippen LogP contribution in [0.25, 0.3) is 11.3 Å². The second-order valence-corrected chi connectivity index (χ2v) is 7.18. The number of benzene rings is 1. The fourth-order valence-electron chi connectivity index (χ4n) is 3.70. The molecule has 7 nitrogen and oxygen atoms in total. The zero-order valence-electron chi connectivity index (χ0n) is 16.0. The summed E-state index contributed by atoms with van der Waals surface area (Å²) >= 11 is 0. The van der Waals surface area contributed by atoms with E-state index in [-0.39, 0.29) is 17.8 Å². The van der Waals surface area contributed by atoms with E-state index in [0.717, 1.165) is 24.9 Å². The molecule has 0 saturated carbocycles. The van der Waals surface area contributed by atoms with Gasteiger partial charge in [0, 0.05) is 51.2 Å². The molecule has 1 fully saturated rings. The zero-order valence-corrected chi connectivity index (χ0v) is 16.0. The average Bonchev–Trinajstić information content (AvgIpc) is 3.28. The second-order valence-electron chi connectivity index (χ2n) is 7.18. The lowest BCUT2D eigenvalue weighted by Gasteiger charge is -2.34. The number of halogens is 1. The van der Waals surface area contributed by atoms with Crippen LogP contribution in [0.2, 0.25) is 0 Å². The van der Waals surface area contributed by atoms with Crippen LogP contribution >= 0.6 is 0 Å². The molecule has 146 valence electrons. The lowest BCUT2D eigenvalue weighted by molar-refractivity contribution is 0.0933. The molecule has 3 heterocycles. The van der Waals surface area contributed by atoms with Crippen LogP contribution in [-0.4, -0.2) is 44.6 Å². The first-order valence-corrected chi connectivity index (χ1v) is 9.34. The average molecular weight is 382 g/mol. The molecule has 2 aromatic heterocycles. The van der Waals surface area contributed by atoms with Crippen LogP contribution in [0.4, 0.5) is 10.1 Å². The number of para-hydroxylation sites is 1. The standard InChI is InChI=1S/C20H23FN6O/c1-25-11-14(10-22-25)19-16(13-26(2)24-19)20(28)23-15-6-5-9-27(12-15)18-8-4-3-7-17(18)21/h3-4,7-8,10-11,13,15H,5-6,9,12H2,1-2H3,(H,23,28). The number of aryl methyl sites for hydroxylation is 2. The fraction of sp³-hybridized carbons (Fsp3) is 0.350. The maximum absolute atomic E-state index is 14.1.